The second-order valence-corrected chi connectivity index (χ2v) is 8.82. The Morgan fingerprint density at radius 2 is 0.812 bits per heavy atom. The van der Waals surface area contributed by atoms with E-state index in [4.69, 9.17) is 9.47 Å². The summed E-state index contributed by atoms with van der Waals surface area (Å²) in [7, 11) is 0. The van der Waals surface area contributed by atoms with Gasteiger partial charge in [-0.25, -0.2) is 0 Å². The smallest absolute Gasteiger partial charge is 0.143 e. The Hall–Kier alpha value is -3.52. The van der Waals surface area contributed by atoms with Gasteiger partial charge in [0.1, 0.15) is 23.7 Å². The number of ether oxygens (including phenoxy) is 2. The molecule has 0 saturated heterocycles. The average Bonchev–Trinajstić information content (AvgIpc) is 2.88. The lowest BCUT2D eigenvalue weighted by molar-refractivity contribution is 0.00305. The van der Waals surface area contributed by atoms with Gasteiger partial charge in [-0.05, 0) is 47.2 Å². The molecule has 6 rings (SSSR count). The molecule has 158 valence electrons. The van der Waals surface area contributed by atoms with E-state index in [0.29, 0.717) is 0 Å². The van der Waals surface area contributed by atoms with Crippen molar-refractivity contribution in [2.24, 2.45) is 0 Å². The molecule has 0 aromatic heterocycles. The maximum absolute atomic E-state index is 6.78. The van der Waals surface area contributed by atoms with Gasteiger partial charge in [0, 0.05) is 11.8 Å². The zero-order valence-corrected chi connectivity index (χ0v) is 17.9. The second-order valence-electron chi connectivity index (χ2n) is 8.82. The van der Waals surface area contributed by atoms with Crippen molar-refractivity contribution in [1.82, 2.24) is 0 Å². The zero-order valence-electron chi connectivity index (χ0n) is 17.9. The largest absolute Gasteiger partial charge is 0.486 e. The molecule has 0 saturated carbocycles. The van der Waals surface area contributed by atoms with Gasteiger partial charge in [0.15, 0.2) is 0 Å². The molecule has 4 atom stereocenters. The average molecular weight is 419 g/mol. The molecule has 2 aliphatic heterocycles. The summed E-state index contributed by atoms with van der Waals surface area (Å²) in [5.74, 6) is 2.43. The van der Waals surface area contributed by atoms with Gasteiger partial charge in [-0.1, -0.05) is 97.1 Å². The summed E-state index contributed by atoms with van der Waals surface area (Å²) in [6, 6.07) is 38.4. The molecule has 0 radical (unpaired) electrons. The van der Waals surface area contributed by atoms with Gasteiger partial charge < -0.3 is 9.47 Å². The third-order valence-electron chi connectivity index (χ3n) is 6.92. The van der Waals surface area contributed by atoms with Gasteiger partial charge in [-0.15, -0.1) is 0 Å². The van der Waals surface area contributed by atoms with Crippen LogP contribution in [0.25, 0.3) is 0 Å². The highest BCUT2D eigenvalue weighted by molar-refractivity contribution is 5.43. The summed E-state index contributed by atoms with van der Waals surface area (Å²) >= 11 is 0. The lowest BCUT2D eigenvalue weighted by Crippen LogP contribution is -2.49. The second kappa shape index (κ2) is 8.20. The first-order valence-electron chi connectivity index (χ1n) is 11.5. The number of hydrogen-bond donors (Lipinski definition) is 0. The Morgan fingerprint density at radius 3 is 1.25 bits per heavy atom. The van der Waals surface area contributed by atoms with Gasteiger partial charge >= 0.3 is 0 Å². The SMILES string of the molecule is c1ccc(C2Cc3ccccc3OC2C2Oc3ccccc3CC2c2ccccc2)cc1. The topological polar surface area (TPSA) is 18.5 Å². The van der Waals surface area contributed by atoms with E-state index in [-0.39, 0.29) is 24.0 Å². The molecule has 2 nitrogen and oxygen atoms in total. The van der Waals surface area contributed by atoms with Crippen LogP contribution in [0.15, 0.2) is 109 Å². The molecule has 4 aromatic rings. The molecule has 0 fully saturated rings. The van der Waals surface area contributed by atoms with Crippen LogP contribution < -0.4 is 9.47 Å². The fourth-order valence-electron chi connectivity index (χ4n) is 5.35. The number of benzene rings is 4. The molecule has 4 aromatic carbocycles. The molecule has 32 heavy (non-hydrogen) atoms. The maximum atomic E-state index is 6.78. The van der Waals surface area contributed by atoms with Crippen LogP contribution >= 0.6 is 0 Å². The summed E-state index contributed by atoms with van der Waals surface area (Å²) in [5, 5.41) is 0. The summed E-state index contributed by atoms with van der Waals surface area (Å²) in [6.45, 7) is 0. The molecule has 0 aliphatic carbocycles. The van der Waals surface area contributed by atoms with Crippen LogP contribution in [0.3, 0.4) is 0 Å². The summed E-state index contributed by atoms with van der Waals surface area (Å²) in [6.07, 6.45) is 1.75. The summed E-state index contributed by atoms with van der Waals surface area (Å²) < 4.78 is 13.6. The standard InChI is InChI=1S/C30H26O2/c1-3-11-21(12-4-1)25-19-23-15-7-9-17-27(23)31-29(25)30-26(22-13-5-2-6-14-22)20-24-16-8-10-18-28(24)32-30/h1-18,25-26,29-30H,19-20H2. The van der Waals surface area contributed by atoms with Gasteiger partial charge in [-0.3, -0.25) is 0 Å². The van der Waals surface area contributed by atoms with Crippen molar-refractivity contribution in [3.05, 3.63) is 131 Å². The number of rotatable bonds is 3. The molecule has 0 amide bonds. The molecule has 0 spiro atoms. The highest BCUT2D eigenvalue weighted by Crippen LogP contribution is 2.45. The van der Waals surface area contributed by atoms with E-state index in [1.165, 1.54) is 22.3 Å². The molecule has 0 N–H and O–H groups in total. The van der Waals surface area contributed by atoms with E-state index in [2.05, 4.69) is 109 Å². The molecule has 4 unspecified atom stereocenters. The van der Waals surface area contributed by atoms with Crippen molar-refractivity contribution in [2.45, 2.75) is 36.9 Å². The van der Waals surface area contributed by atoms with Crippen molar-refractivity contribution >= 4 is 0 Å². The fourth-order valence-corrected chi connectivity index (χ4v) is 5.35. The highest BCUT2D eigenvalue weighted by Gasteiger charge is 2.44. The molecular formula is C30H26O2. The van der Waals surface area contributed by atoms with Crippen molar-refractivity contribution in [1.29, 1.82) is 0 Å². The third-order valence-corrected chi connectivity index (χ3v) is 6.92. The maximum Gasteiger partial charge on any atom is 0.143 e. The number of fused-ring (bicyclic) bond motifs is 2. The van der Waals surface area contributed by atoms with Crippen LogP contribution in [-0.4, -0.2) is 12.2 Å². The predicted octanol–water partition coefficient (Wildman–Crippen LogP) is 6.56. The monoisotopic (exact) mass is 418 g/mol. The van der Waals surface area contributed by atoms with Crippen molar-refractivity contribution in [3.8, 4) is 11.5 Å². The quantitative estimate of drug-likeness (QED) is 0.375. The minimum atomic E-state index is -0.0779. The lowest BCUT2D eigenvalue weighted by atomic mass is 9.75. The Bertz CT molecular complexity index is 1100. The fraction of sp³-hybridized carbons (Fsp3) is 0.200. The first kappa shape index (κ1) is 19.2. The minimum Gasteiger partial charge on any atom is -0.486 e. The predicted molar refractivity (Wildman–Crippen MR) is 127 cm³/mol. The van der Waals surface area contributed by atoms with Gasteiger partial charge in [-0.2, -0.15) is 0 Å². The third kappa shape index (κ3) is 3.46. The van der Waals surface area contributed by atoms with E-state index in [0.717, 1.165) is 24.3 Å². The van der Waals surface area contributed by atoms with Crippen molar-refractivity contribution in [2.75, 3.05) is 0 Å². The van der Waals surface area contributed by atoms with Gasteiger partial charge in [0.05, 0.1) is 0 Å². The first-order valence-corrected chi connectivity index (χ1v) is 11.5. The summed E-state index contributed by atoms with van der Waals surface area (Å²) in [4.78, 5) is 0. The molecule has 0 bridgehead atoms. The van der Waals surface area contributed by atoms with Crippen LogP contribution in [0.2, 0.25) is 0 Å². The van der Waals surface area contributed by atoms with Crippen LogP contribution in [0.5, 0.6) is 11.5 Å². The van der Waals surface area contributed by atoms with E-state index in [9.17, 15) is 0 Å². The Balaban J connectivity index is 1.46. The normalized spacial score (nSPS) is 23.9. The Labute approximate surface area is 189 Å². The minimum absolute atomic E-state index is 0.0779. The van der Waals surface area contributed by atoms with Gasteiger partial charge in [0.2, 0.25) is 0 Å². The van der Waals surface area contributed by atoms with Crippen LogP contribution in [0.1, 0.15) is 34.1 Å². The molecule has 2 aliphatic rings. The van der Waals surface area contributed by atoms with Crippen LogP contribution in [0.4, 0.5) is 0 Å². The number of hydrogen-bond acceptors (Lipinski definition) is 2. The van der Waals surface area contributed by atoms with E-state index in [1.54, 1.807) is 0 Å². The highest BCUT2D eigenvalue weighted by atomic mass is 16.5. The molecular weight excluding hydrogens is 392 g/mol. The van der Waals surface area contributed by atoms with Crippen LogP contribution in [0, 0.1) is 0 Å². The lowest BCUT2D eigenvalue weighted by Gasteiger charge is -2.43. The van der Waals surface area contributed by atoms with Crippen LogP contribution in [-0.2, 0) is 12.8 Å². The Morgan fingerprint density at radius 1 is 0.438 bits per heavy atom. The van der Waals surface area contributed by atoms with Gasteiger partial charge in [0.25, 0.3) is 0 Å². The summed E-state index contributed by atoms with van der Waals surface area (Å²) in [5.41, 5.74) is 5.15. The van der Waals surface area contributed by atoms with E-state index in [1.807, 2.05) is 0 Å². The Kier molecular flexibility index (Phi) is 4.92. The first-order chi connectivity index (χ1) is 15.9. The van der Waals surface area contributed by atoms with E-state index < -0.39 is 0 Å². The van der Waals surface area contributed by atoms with Crippen molar-refractivity contribution < 1.29 is 9.47 Å². The zero-order chi connectivity index (χ0) is 21.3. The molecule has 2 heteroatoms. The molecule has 2 heterocycles. The van der Waals surface area contributed by atoms with E-state index >= 15 is 0 Å². The number of para-hydroxylation sites is 2. The van der Waals surface area contributed by atoms with Crippen molar-refractivity contribution in [3.63, 3.8) is 0 Å².